The molecule has 0 radical (unpaired) electrons. The van der Waals surface area contributed by atoms with E-state index in [1.165, 1.54) is 0 Å². The number of carbonyl (C=O) groups is 1. The number of urea groups is 1. The van der Waals surface area contributed by atoms with Gasteiger partial charge in [-0.05, 0) is 18.9 Å². The Morgan fingerprint density at radius 1 is 1.40 bits per heavy atom. The van der Waals surface area contributed by atoms with Crippen LogP contribution in [0.1, 0.15) is 19.3 Å². The average Bonchev–Trinajstić information content (AvgIpc) is 3.04. The molecule has 2 atom stereocenters. The van der Waals surface area contributed by atoms with Crippen LogP contribution in [-0.4, -0.2) is 62.8 Å². The summed E-state index contributed by atoms with van der Waals surface area (Å²) in [5.74, 6) is 0.496. The minimum absolute atomic E-state index is 0.0834. The van der Waals surface area contributed by atoms with Crippen molar-refractivity contribution < 1.29 is 23.7 Å². The zero-order chi connectivity index (χ0) is 17.5. The Bertz CT molecular complexity index is 560. The van der Waals surface area contributed by atoms with Gasteiger partial charge in [0.1, 0.15) is 6.61 Å². The Morgan fingerprint density at radius 3 is 3.04 bits per heavy atom. The second-order valence-corrected chi connectivity index (χ2v) is 6.35. The lowest BCUT2D eigenvalue weighted by Crippen LogP contribution is -2.49. The molecule has 2 unspecified atom stereocenters. The Balaban J connectivity index is 1.45. The fraction of sp³-hybridized carbons (Fsp3) is 0.647. The monoisotopic (exact) mass is 351 g/mol. The second kappa shape index (κ2) is 8.46. The third kappa shape index (κ3) is 5.04. The van der Waals surface area contributed by atoms with E-state index >= 15 is 0 Å². The first kappa shape index (κ1) is 17.9. The average molecular weight is 351 g/mol. The smallest absolute Gasteiger partial charge is 0.319 e. The van der Waals surface area contributed by atoms with E-state index < -0.39 is 0 Å². The quantitative estimate of drug-likeness (QED) is 0.756. The fourth-order valence-corrected chi connectivity index (χ4v) is 3.14. The van der Waals surface area contributed by atoms with Gasteiger partial charge in [-0.2, -0.15) is 0 Å². The van der Waals surface area contributed by atoms with Gasteiger partial charge in [-0.3, -0.25) is 0 Å². The number of amides is 2. The molecule has 2 fully saturated rings. The van der Waals surface area contributed by atoms with E-state index in [4.69, 9.17) is 18.9 Å². The maximum absolute atomic E-state index is 12.2. The maximum atomic E-state index is 12.2. The van der Waals surface area contributed by atoms with Crippen LogP contribution in [0.3, 0.4) is 0 Å². The minimum Gasteiger partial charge on any atom is -0.475 e. The number of rotatable bonds is 6. The molecule has 25 heavy (non-hydrogen) atoms. The van der Waals surface area contributed by atoms with Crippen LogP contribution in [0.15, 0.2) is 18.3 Å². The first-order valence-electron chi connectivity index (χ1n) is 8.56. The highest BCUT2D eigenvalue weighted by Gasteiger charge is 2.41. The first-order chi connectivity index (χ1) is 12.2. The number of nitrogens with zero attached hydrogens (tertiary/aromatic N) is 1. The molecular formula is C17H25N3O5. The van der Waals surface area contributed by atoms with E-state index in [2.05, 4.69) is 15.6 Å². The van der Waals surface area contributed by atoms with E-state index in [1.54, 1.807) is 25.4 Å². The van der Waals surface area contributed by atoms with Crippen LogP contribution in [-0.2, 0) is 14.2 Å². The Morgan fingerprint density at radius 2 is 2.32 bits per heavy atom. The van der Waals surface area contributed by atoms with Gasteiger partial charge in [0.2, 0.25) is 5.88 Å². The summed E-state index contributed by atoms with van der Waals surface area (Å²) in [4.78, 5) is 16.4. The molecule has 2 N–H and O–H groups in total. The Kier molecular flexibility index (Phi) is 6.06. The van der Waals surface area contributed by atoms with Crippen LogP contribution in [0.4, 0.5) is 10.5 Å². The normalized spacial score (nSPS) is 25.7. The van der Waals surface area contributed by atoms with Gasteiger partial charge in [-0.25, -0.2) is 9.78 Å². The van der Waals surface area contributed by atoms with E-state index in [1.807, 2.05) is 0 Å². The molecule has 8 heteroatoms. The van der Waals surface area contributed by atoms with Crippen LogP contribution < -0.4 is 15.4 Å². The lowest BCUT2D eigenvalue weighted by Gasteiger charge is -2.37. The maximum Gasteiger partial charge on any atom is 0.319 e. The summed E-state index contributed by atoms with van der Waals surface area (Å²) in [6.45, 7) is 2.92. The van der Waals surface area contributed by atoms with Crippen molar-refractivity contribution >= 4 is 11.7 Å². The van der Waals surface area contributed by atoms with Gasteiger partial charge in [0.25, 0.3) is 0 Å². The van der Waals surface area contributed by atoms with Crippen molar-refractivity contribution in [3.05, 3.63) is 18.3 Å². The van der Waals surface area contributed by atoms with Crippen molar-refractivity contribution in [3.63, 3.8) is 0 Å². The molecule has 2 aliphatic heterocycles. The fourth-order valence-electron chi connectivity index (χ4n) is 3.14. The number of pyridine rings is 1. The third-order valence-electron chi connectivity index (χ3n) is 4.43. The van der Waals surface area contributed by atoms with Crippen molar-refractivity contribution in [1.82, 2.24) is 10.3 Å². The number of hydrogen-bond donors (Lipinski definition) is 2. The molecule has 2 aliphatic rings. The van der Waals surface area contributed by atoms with Crippen molar-refractivity contribution in [2.45, 2.75) is 30.9 Å². The van der Waals surface area contributed by atoms with Gasteiger partial charge in [-0.1, -0.05) is 0 Å². The number of carbonyl (C=O) groups excluding carboxylic acids is 1. The second-order valence-electron chi connectivity index (χ2n) is 6.35. The Hall–Kier alpha value is -1.90. The topological polar surface area (TPSA) is 90.9 Å². The van der Waals surface area contributed by atoms with Crippen molar-refractivity contribution in [3.8, 4) is 5.88 Å². The predicted molar refractivity (Wildman–Crippen MR) is 90.9 cm³/mol. The molecule has 0 aliphatic carbocycles. The summed E-state index contributed by atoms with van der Waals surface area (Å²) in [5.41, 5.74) is 0.390. The Labute approximate surface area is 147 Å². The number of nitrogens with one attached hydrogen (secondary N) is 2. The van der Waals surface area contributed by atoms with Crippen LogP contribution in [0, 0.1) is 0 Å². The van der Waals surface area contributed by atoms with E-state index in [0.717, 1.165) is 25.9 Å². The molecule has 0 aromatic carbocycles. The largest absolute Gasteiger partial charge is 0.475 e. The number of anilines is 1. The molecule has 0 saturated carbocycles. The molecule has 0 bridgehead atoms. The van der Waals surface area contributed by atoms with Crippen LogP contribution in [0.25, 0.3) is 0 Å². The lowest BCUT2D eigenvalue weighted by atomic mass is 9.90. The van der Waals surface area contributed by atoms with Crippen LogP contribution in [0.5, 0.6) is 5.88 Å². The molecule has 8 nitrogen and oxygen atoms in total. The summed E-state index contributed by atoms with van der Waals surface area (Å²) in [5, 5.41) is 5.81. The molecule has 2 amide bonds. The van der Waals surface area contributed by atoms with Gasteiger partial charge < -0.3 is 29.6 Å². The highest BCUT2D eigenvalue weighted by Crippen LogP contribution is 2.32. The third-order valence-corrected chi connectivity index (χ3v) is 4.43. The van der Waals surface area contributed by atoms with Crippen LogP contribution >= 0.6 is 0 Å². The van der Waals surface area contributed by atoms with Crippen LogP contribution in [0.2, 0.25) is 0 Å². The predicted octanol–water partition coefficient (Wildman–Crippen LogP) is 1.57. The number of methoxy groups -OCH3 is 1. The molecule has 138 valence electrons. The number of ether oxygens (including phenoxy) is 4. The SMILES string of the molecule is COCCOc1ccc(NC(=O)NC2CCOC3(CCOC3)C2)cn1. The van der Waals surface area contributed by atoms with Gasteiger partial charge in [-0.15, -0.1) is 0 Å². The number of hydrogen-bond acceptors (Lipinski definition) is 6. The van der Waals surface area contributed by atoms with Gasteiger partial charge in [0.05, 0.1) is 30.7 Å². The summed E-state index contributed by atoms with van der Waals surface area (Å²) >= 11 is 0. The highest BCUT2D eigenvalue weighted by molar-refractivity contribution is 5.89. The van der Waals surface area contributed by atoms with Crippen molar-refractivity contribution in [2.75, 3.05) is 45.5 Å². The minimum atomic E-state index is -0.240. The van der Waals surface area contributed by atoms with E-state index in [9.17, 15) is 4.79 Å². The van der Waals surface area contributed by atoms with Crippen molar-refractivity contribution in [2.24, 2.45) is 0 Å². The van der Waals surface area contributed by atoms with Gasteiger partial charge >= 0.3 is 6.03 Å². The molecule has 1 aromatic rings. The summed E-state index contributed by atoms with van der Waals surface area (Å²) in [7, 11) is 1.61. The molecule has 1 spiro atoms. The molecule has 2 saturated heterocycles. The number of aromatic nitrogens is 1. The summed E-state index contributed by atoms with van der Waals surface area (Å²) < 4.78 is 21.6. The zero-order valence-corrected chi connectivity index (χ0v) is 14.5. The van der Waals surface area contributed by atoms with Gasteiger partial charge in [0, 0.05) is 38.9 Å². The standard InChI is InChI=1S/C17H25N3O5/c1-22-8-9-24-15-3-2-14(11-18-15)20-16(21)19-13-4-6-25-17(10-13)5-7-23-12-17/h2-3,11,13H,4-10,12H2,1H3,(H2,19,20,21). The first-order valence-corrected chi connectivity index (χ1v) is 8.56. The highest BCUT2D eigenvalue weighted by atomic mass is 16.6. The molecular weight excluding hydrogens is 326 g/mol. The summed E-state index contributed by atoms with van der Waals surface area (Å²) in [6.07, 6.45) is 4.05. The summed E-state index contributed by atoms with van der Waals surface area (Å²) in [6, 6.07) is 3.31. The van der Waals surface area contributed by atoms with Gasteiger partial charge in [0.15, 0.2) is 0 Å². The van der Waals surface area contributed by atoms with Crippen molar-refractivity contribution in [1.29, 1.82) is 0 Å². The molecule has 3 rings (SSSR count). The lowest BCUT2D eigenvalue weighted by molar-refractivity contribution is -0.0877. The zero-order valence-electron chi connectivity index (χ0n) is 14.5. The van der Waals surface area contributed by atoms with E-state index in [-0.39, 0.29) is 17.7 Å². The van der Waals surface area contributed by atoms with E-state index in [0.29, 0.717) is 38.0 Å². The molecule has 1 aromatic heterocycles. The molecule has 3 heterocycles.